The maximum absolute atomic E-state index is 12.4. The van der Waals surface area contributed by atoms with E-state index in [0.717, 1.165) is 31.4 Å². The van der Waals surface area contributed by atoms with Crippen molar-refractivity contribution in [2.24, 2.45) is 11.8 Å². The Morgan fingerprint density at radius 3 is 2.46 bits per heavy atom. The minimum atomic E-state index is -0.168. The molecule has 2 aliphatic rings. The number of amides is 3. The highest BCUT2D eigenvalue weighted by Crippen LogP contribution is 2.37. The summed E-state index contributed by atoms with van der Waals surface area (Å²) < 4.78 is 5.42. The van der Waals surface area contributed by atoms with E-state index in [1.54, 1.807) is 6.26 Å². The zero-order valence-electron chi connectivity index (χ0n) is 15.4. The Bertz CT molecular complexity index is 632. The number of carbonyl (C=O) groups is 3. The Morgan fingerprint density at radius 2 is 1.92 bits per heavy atom. The van der Waals surface area contributed by atoms with Gasteiger partial charge in [0, 0.05) is 19.5 Å². The molecular formula is C19H27N3O4. The Hall–Kier alpha value is -2.15. The van der Waals surface area contributed by atoms with Crippen LogP contribution in [0.5, 0.6) is 0 Å². The summed E-state index contributed by atoms with van der Waals surface area (Å²) in [4.78, 5) is 40.3. The van der Waals surface area contributed by atoms with E-state index < -0.39 is 0 Å². The number of hydrogen-bond acceptors (Lipinski definition) is 5. The van der Waals surface area contributed by atoms with Crippen molar-refractivity contribution in [1.82, 2.24) is 15.1 Å². The Balaban J connectivity index is 1.49. The summed E-state index contributed by atoms with van der Waals surface area (Å²) in [5, 5.41) is 2.88. The molecule has 1 saturated carbocycles. The second-order valence-electron chi connectivity index (χ2n) is 7.37. The second kappa shape index (κ2) is 8.03. The van der Waals surface area contributed by atoms with Crippen molar-refractivity contribution >= 4 is 17.7 Å². The van der Waals surface area contributed by atoms with Gasteiger partial charge in [0.1, 0.15) is 5.76 Å². The van der Waals surface area contributed by atoms with E-state index in [0.29, 0.717) is 6.54 Å². The van der Waals surface area contributed by atoms with Crippen molar-refractivity contribution in [3.8, 4) is 0 Å². The Kier molecular flexibility index (Phi) is 5.76. The average Bonchev–Trinajstić information content (AvgIpc) is 3.22. The SMILES string of the molecule is CN(C)[C@@H](CNC(=O)CCN1C(=O)[C@H]2CCCC[C@H]2C1=O)c1ccco1. The molecule has 2 fully saturated rings. The van der Waals surface area contributed by atoms with Crippen molar-refractivity contribution in [3.05, 3.63) is 24.2 Å². The van der Waals surface area contributed by atoms with Gasteiger partial charge in [0.15, 0.2) is 0 Å². The van der Waals surface area contributed by atoms with Crippen molar-refractivity contribution in [2.75, 3.05) is 27.2 Å². The maximum atomic E-state index is 12.4. The molecule has 3 rings (SSSR count). The molecule has 0 unspecified atom stereocenters. The van der Waals surface area contributed by atoms with Crippen LogP contribution in [0.4, 0.5) is 0 Å². The molecule has 2 heterocycles. The number of nitrogens with one attached hydrogen (secondary N) is 1. The quantitative estimate of drug-likeness (QED) is 0.746. The molecule has 1 aliphatic carbocycles. The molecular weight excluding hydrogens is 334 g/mol. The van der Waals surface area contributed by atoms with E-state index in [4.69, 9.17) is 4.42 Å². The fourth-order valence-electron chi connectivity index (χ4n) is 3.98. The van der Waals surface area contributed by atoms with Crippen molar-refractivity contribution < 1.29 is 18.8 Å². The van der Waals surface area contributed by atoms with Crippen molar-refractivity contribution in [1.29, 1.82) is 0 Å². The first-order valence-corrected chi connectivity index (χ1v) is 9.30. The summed E-state index contributed by atoms with van der Waals surface area (Å²) in [7, 11) is 3.84. The van der Waals surface area contributed by atoms with E-state index in [2.05, 4.69) is 5.32 Å². The van der Waals surface area contributed by atoms with Gasteiger partial charge in [0.05, 0.1) is 24.1 Å². The first-order valence-electron chi connectivity index (χ1n) is 9.30. The third-order valence-electron chi connectivity index (χ3n) is 5.48. The minimum absolute atomic E-state index is 0.0631. The summed E-state index contributed by atoms with van der Waals surface area (Å²) in [6.07, 6.45) is 5.35. The van der Waals surface area contributed by atoms with Gasteiger partial charge in [0.25, 0.3) is 0 Å². The highest BCUT2D eigenvalue weighted by molar-refractivity contribution is 6.05. The Labute approximate surface area is 153 Å². The molecule has 1 aliphatic heterocycles. The fraction of sp³-hybridized carbons (Fsp3) is 0.632. The monoisotopic (exact) mass is 361 g/mol. The maximum Gasteiger partial charge on any atom is 0.233 e. The van der Waals surface area contributed by atoms with Gasteiger partial charge < -0.3 is 9.73 Å². The number of likely N-dealkylation sites (tertiary alicyclic amines) is 1. The van der Waals surface area contributed by atoms with E-state index >= 15 is 0 Å². The molecule has 0 radical (unpaired) electrons. The summed E-state index contributed by atoms with van der Waals surface area (Å²) in [5.41, 5.74) is 0. The van der Waals surface area contributed by atoms with Crippen LogP contribution in [0, 0.1) is 11.8 Å². The van der Waals surface area contributed by atoms with Gasteiger partial charge in [-0.05, 0) is 39.1 Å². The van der Waals surface area contributed by atoms with Gasteiger partial charge in [-0.2, -0.15) is 0 Å². The summed E-state index contributed by atoms with van der Waals surface area (Å²) in [6, 6.07) is 3.63. The molecule has 1 saturated heterocycles. The lowest BCUT2D eigenvalue weighted by Crippen LogP contribution is -2.38. The molecule has 7 nitrogen and oxygen atoms in total. The molecule has 3 amide bonds. The van der Waals surface area contributed by atoms with Gasteiger partial charge in [0.2, 0.25) is 17.7 Å². The van der Waals surface area contributed by atoms with Gasteiger partial charge in [-0.25, -0.2) is 0 Å². The standard InChI is InChI=1S/C19H27N3O4/c1-21(2)15(16-8-5-11-26-16)12-20-17(23)9-10-22-18(24)13-6-3-4-7-14(13)19(22)25/h5,8,11,13-15H,3-4,6-7,9-10,12H2,1-2H3,(H,20,23)/t13-,14+,15-/m0/s1. The smallest absolute Gasteiger partial charge is 0.233 e. The van der Waals surface area contributed by atoms with Crippen LogP contribution in [0.25, 0.3) is 0 Å². The van der Waals surface area contributed by atoms with E-state index in [-0.39, 0.29) is 48.6 Å². The minimum Gasteiger partial charge on any atom is -0.468 e. The van der Waals surface area contributed by atoms with Crippen LogP contribution in [0.15, 0.2) is 22.8 Å². The highest BCUT2D eigenvalue weighted by atomic mass is 16.3. The molecule has 0 bridgehead atoms. The first kappa shape index (κ1) is 18.6. The van der Waals surface area contributed by atoms with Crippen LogP contribution in [0.1, 0.15) is 43.9 Å². The van der Waals surface area contributed by atoms with E-state index in [1.165, 1.54) is 4.90 Å². The number of nitrogens with zero attached hydrogens (tertiary/aromatic N) is 2. The lowest BCUT2D eigenvalue weighted by atomic mass is 9.81. The first-order chi connectivity index (χ1) is 12.5. The molecule has 26 heavy (non-hydrogen) atoms. The van der Waals surface area contributed by atoms with Gasteiger partial charge >= 0.3 is 0 Å². The van der Waals surface area contributed by atoms with Gasteiger partial charge in [-0.1, -0.05) is 12.8 Å². The number of rotatable bonds is 7. The average molecular weight is 361 g/mol. The fourth-order valence-corrected chi connectivity index (χ4v) is 3.98. The third kappa shape index (κ3) is 3.82. The number of carbonyl (C=O) groups excluding carboxylic acids is 3. The van der Waals surface area contributed by atoms with Crippen molar-refractivity contribution in [3.63, 3.8) is 0 Å². The predicted octanol–water partition coefficient (Wildman–Crippen LogP) is 1.56. The lowest BCUT2D eigenvalue weighted by Gasteiger charge is -2.23. The van der Waals surface area contributed by atoms with Crippen LogP contribution in [0.3, 0.4) is 0 Å². The molecule has 0 spiro atoms. The summed E-state index contributed by atoms with van der Waals surface area (Å²) in [6.45, 7) is 0.580. The molecule has 1 N–H and O–H groups in total. The van der Waals surface area contributed by atoms with E-state index in [1.807, 2.05) is 31.1 Å². The highest BCUT2D eigenvalue weighted by Gasteiger charge is 2.47. The summed E-state index contributed by atoms with van der Waals surface area (Å²) >= 11 is 0. The normalized spacial score (nSPS) is 24.0. The number of furan rings is 1. The lowest BCUT2D eigenvalue weighted by molar-refractivity contribution is -0.140. The van der Waals surface area contributed by atoms with Crippen LogP contribution < -0.4 is 5.32 Å². The van der Waals surface area contributed by atoms with Crippen LogP contribution in [-0.4, -0.2) is 54.7 Å². The van der Waals surface area contributed by atoms with Crippen LogP contribution in [0.2, 0.25) is 0 Å². The molecule has 1 aromatic rings. The molecule has 1 aromatic heterocycles. The molecule has 7 heteroatoms. The second-order valence-corrected chi connectivity index (χ2v) is 7.37. The number of hydrogen-bond donors (Lipinski definition) is 1. The number of imide groups is 1. The third-order valence-corrected chi connectivity index (χ3v) is 5.48. The topological polar surface area (TPSA) is 82.9 Å². The van der Waals surface area contributed by atoms with E-state index in [9.17, 15) is 14.4 Å². The largest absolute Gasteiger partial charge is 0.468 e. The van der Waals surface area contributed by atoms with Crippen LogP contribution in [-0.2, 0) is 14.4 Å². The summed E-state index contributed by atoms with van der Waals surface area (Å²) in [5.74, 6) is 0.124. The molecule has 142 valence electrons. The molecule has 3 atom stereocenters. The predicted molar refractivity (Wildman–Crippen MR) is 94.9 cm³/mol. The van der Waals surface area contributed by atoms with Crippen molar-refractivity contribution in [2.45, 2.75) is 38.1 Å². The molecule has 0 aromatic carbocycles. The zero-order chi connectivity index (χ0) is 18.7. The van der Waals surface area contributed by atoms with Crippen LogP contribution >= 0.6 is 0 Å². The number of likely N-dealkylation sites (N-methyl/N-ethyl adjacent to an activating group) is 1. The Morgan fingerprint density at radius 1 is 1.27 bits per heavy atom. The van der Waals surface area contributed by atoms with Gasteiger partial charge in [-0.3, -0.25) is 24.2 Å². The van der Waals surface area contributed by atoms with Gasteiger partial charge in [-0.15, -0.1) is 0 Å². The number of fused-ring (bicyclic) bond motifs is 1. The zero-order valence-corrected chi connectivity index (χ0v) is 15.4.